The molecule has 2 amide bonds. The summed E-state index contributed by atoms with van der Waals surface area (Å²) in [7, 11) is -3.84. The Kier molecular flexibility index (Phi) is 9.79. The fourth-order valence-corrected chi connectivity index (χ4v) is 4.70. The predicted molar refractivity (Wildman–Crippen MR) is 138 cm³/mol. The van der Waals surface area contributed by atoms with Gasteiger partial charge in [-0.2, -0.15) is 0 Å². The second-order valence-electron chi connectivity index (χ2n) is 8.47. The van der Waals surface area contributed by atoms with E-state index in [1.807, 2.05) is 52.0 Å². The third-order valence-corrected chi connectivity index (χ3v) is 7.00. The number of nitrogens with one attached hydrogen (secondary N) is 1. The lowest BCUT2D eigenvalue weighted by atomic mass is 10.1. The van der Waals surface area contributed by atoms with Crippen LogP contribution in [0.5, 0.6) is 0 Å². The van der Waals surface area contributed by atoms with Crippen LogP contribution in [-0.4, -0.2) is 50.0 Å². The first-order valence-electron chi connectivity index (χ1n) is 10.9. The third-order valence-electron chi connectivity index (χ3n) is 5.12. The molecule has 2 aromatic carbocycles. The van der Waals surface area contributed by atoms with E-state index in [1.54, 1.807) is 0 Å². The molecule has 0 radical (unpaired) electrons. The van der Waals surface area contributed by atoms with Gasteiger partial charge in [-0.1, -0.05) is 60.0 Å². The van der Waals surface area contributed by atoms with Crippen molar-refractivity contribution in [2.45, 2.75) is 52.7 Å². The first-order valence-corrected chi connectivity index (χ1v) is 13.5. The van der Waals surface area contributed by atoms with Crippen LogP contribution >= 0.6 is 23.2 Å². The van der Waals surface area contributed by atoms with Crippen LogP contribution in [0.15, 0.2) is 42.5 Å². The molecule has 10 heteroatoms. The highest BCUT2D eigenvalue weighted by atomic mass is 35.5. The summed E-state index contributed by atoms with van der Waals surface area (Å²) in [5, 5.41) is 3.29. The SMILES string of the molecule is CCC(C(=O)NC(C)C)N(Cc1cccc(C)c1)C(=O)CN(c1ccc(Cl)c(Cl)c1)S(C)(=O)=O. The Morgan fingerprint density at radius 1 is 1.06 bits per heavy atom. The number of hydrogen-bond donors (Lipinski definition) is 1. The van der Waals surface area contributed by atoms with Gasteiger partial charge in [-0.15, -0.1) is 0 Å². The summed E-state index contributed by atoms with van der Waals surface area (Å²) in [6, 6.07) is 11.1. The first kappa shape index (κ1) is 28.0. The van der Waals surface area contributed by atoms with Gasteiger partial charge in [0.1, 0.15) is 12.6 Å². The smallest absolute Gasteiger partial charge is 0.244 e. The molecule has 2 aromatic rings. The molecular formula is C24H31Cl2N3O4S. The summed E-state index contributed by atoms with van der Waals surface area (Å²) in [6.07, 6.45) is 1.37. The zero-order chi connectivity index (χ0) is 25.6. The second kappa shape index (κ2) is 11.9. The van der Waals surface area contributed by atoms with Crippen molar-refractivity contribution in [2.75, 3.05) is 17.1 Å². The molecule has 7 nitrogen and oxygen atoms in total. The van der Waals surface area contributed by atoms with E-state index in [9.17, 15) is 18.0 Å². The molecule has 1 atom stereocenters. The highest BCUT2D eigenvalue weighted by molar-refractivity contribution is 7.92. The van der Waals surface area contributed by atoms with Gasteiger partial charge in [-0.3, -0.25) is 13.9 Å². The van der Waals surface area contributed by atoms with Gasteiger partial charge in [0, 0.05) is 12.6 Å². The van der Waals surface area contributed by atoms with Gasteiger partial charge in [0.25, 0.3) is 0 Å². The largest absolute Gasteiger partial charge is 0.352 e. The molecule has 0 heterocycles. The fraction of sp³-hybridized carbons (Fsp3) is 0.417. The summed E-state index contributed by atoms with van der Waals surface area (Å²) >= 11 is 12.1. The van der Waals surface area contributed by atoms with Crippen LogP contribution in [0.1, 0.15) is 38.3 Å². The monoisotopic (exact) mass is 527 g/mol. The number of benzene rings is 2. The number of halogens is 2. The normalized spacial score (nSPS) is 12.4. The van der Waals surface area contributed by atoms with E-state index < -0.39 is 28.5 Å². The van der Waals surface area contributed by atoms with Crippen molar-refractivity contribution < 1.29 is 18.0 Å². The summed E-state index contributed by atoms with van der Waals surface area (Å²) in [5.41, 5.74) is 2.06. The van der Waals surface area contributed by atoms with E-state index in [-0.39, 0.29) is 34.2 Å². The number of anilines is 1. The highest BCUT2D eigenvalue weighted by Gasteiger charge is 2.32. The standard InChI is InChI=1S/C24H31Cl2N3O4S/c1-6-22(24(31)27-16(2)3)28(14-18-9-7-8-17(4)12-18)23(30)15-29(34(5,32)33)19-10-11-20(25)21(26)13-19/h7-13,16,22H,6,14-15H2,1-5H3,(H,27,31). The lowest BCUT2D eigenvalue weighted by molar-refractivity contribution is -0.140. The summed E-state index contributed by atoms with van der Waals surface area (Å²) in [5.74, 6) is -0.803. The van der Waals surface area contributed by atoms with Gasteiger partial charge in [0.05, 0.1) is 22.0 Å². The molecular weight excluding hydrogens is 497 g/mol. The molecule has 1 unspecified atom stereocenters. The minimum atomic E-state index is -3.84. The van der Waals surface area contributed by atoms with Crippen molar-refractivity contribution in [3.63, 3.8) is 0 Å². The van der Waals surface area contributed by atoms with Gasteiger partial charge in [0.2, 0.25) is 21.8 Å². The quantitative estimate of drug-likeness (QED) is 0.495. The summed E-state index contributed by atoms with van der Waals surface area (Å²) in [6.45, 7) is 7.10. The molecule has 0 fully saturated rings. The number of carbonyl (C=O) groups is 2. The lowest BCUT2D eigenvalue weighted by Crippen LogP contribution is -2.53. The predicted octanol–water partition coefficient (Wildman–Crippen LogP) is 4.40. The van der Waals surface area contributed by atoms with Crippen LogP contribution < -0.4 is 9.62 Å². The molecule has 0 aliphatic heterocycles. The molecule has 0 aliphatic carbocycles. The van der Waals surface area contributed by atoms with Gasteiger partial charge in [-0.05, 0) is 51.0 Å². The Morgan fingerprint density at radius 2 is 1.74 bits per heavy atom. The Bertz CT molecular complexity index is 1140. The van der Waals surface area contributed by atoms with Crippen LogP contribution in [-0.2, 0) is 26.2 Å². The minimum Gasteiger partial charge on any atom is -0.352 e. The molecule has 1 N–H and O–H groups in total. The van der Waals surface area contributed by atoms with E-state index in [0.29, 0.717) is 6.42 Å². The Labute approximate surface area is 212 Å². The van der Waals surface area contributed by atoms with Gasteiger partial charge < -0.3 is 10.2 Å². The third kappa shape index (κ3) is 7.61. The van der Waals surface area contributed by atoms with Gasteiger partial charge in [-0.25, -0.2) is 8.42 Å². The van der Waals surface area contributed by atoms with Crippen LogP contribution in [0.25, 0.3) is 0 Å². The lowest BCUT2D eigenvalue weighted by Gasteiger charge is -2.33. The molecule has 2 rings (SSSR count). The molecule has 0 bridgehead atoms. The Balaban J connectivity index is 2.46. The van der Waals surface area contributed by atoms with E-state index in [2.05, 4.69) is 5.32 Å². The molecule has 0 saturated heterocycles. The van der Waals surface area contributed by atoms with E-state index in [1.165, 1.54) is 23.1 Å². The van der Waals surface area contributed by atoms with Crippen molar-refractivity contribution in [1.82, 2.24) is 10.2 Å². The molecule has 186 valence electrons. The van der Waals surface area contributed by atoms with E-state index >= 15 is 0 Å². The first-order chi connectivity index (χ1) is 15.8. The topological polar surface area (TPSA) is 86.8 Å². The number of amides is 2. The number of nitrogens with zero attached hydrogens (tertiary/aromatic N) is 2. The van der Waals surface area contributed by atoms with Crippen molar-refractivity contribution in [3.05, 3.63) is 63.6 Å². The number of carbonyl (C=O) groups excluding carboxylic acids is 2. The molecule has 0 saturated carbocycles. The molecule has 34 heavy (non-hydrogen) atoms. The number of sulfonamides is 1. The highest BCUT2D eigenvalue weighted by Crippen LogP contribution is 2.28. The van der Waals surface area contributed by atoms with E-state index in [4.69, 9.17) is 23.2 Å². The molecule has 0 spiro atoms. The van der Waals surface area contributed by atoms with Gasteiger partial charge >= 0.3 is 0 Å². The summed E-state index contributed by atoms with van der Waals surface area (Å²) < 4.78 is 26.2. The minimum absolute atomic E-state index is 0.110. The number of hydrogen-bond acceptors (Lipinski definition) is 4. The van der Waals surface area contributed by atoms with Crippen molar-refractivity contribution in [3.8, 4) is 0 Å². The zero-order valence-corrected chi connectivity index (χ0v) is 22.3. The maximum absolute atomic E-state index is 13.6. The molecule has 0 aliphatic rings. The fourth-order valence-electron chi connectivity index (χ4n) is 3.56. The maximum Gasteiger partial charge on any atom is 0.244 e. The van der Waals surface area contributed by atoms with Crippen LogP contribution in [0.2, 0.25) is 10.0 Å². The number of aryl methyl sites for hydroxylation is 1. The van der Waals surface area contributed by atoms with Crippen molar-refractivity contribution in [2.24, 2.45) is 0 Å². The maximum atomic E-state index is 13.6. The average Bonchev–Trinajstić information content (AvgIpc) is 2.72. The van der Waals surface area contributed by atoms with Crippen LogP contribution in [0.3, 0.4) is 0 Å². The second-order valence-corrected chi connectivity index (χ2v) is 11.2. The van der Waals surface area contributed by atoms with Gasteiger partial charge in [0.15, 0.2) is 0 Å². The molecule has 0 aromatic heterocycles. The Hall–Kier alpha value is -2.29. The van der Waals surface area contributed by atoms with E-state index in [0.717, 1.165) is 21.7 Å². The average molecular weight is 529 g/mol. The zero-order valence-electron chi connectivity index (χ0n) is 20.0. The van der Waals surface area contributed by atoms with Crippen molar-refractivity contribution >= 4 is 50.7 Å². The van der Waals surface area contributed by atoms with Crippen molar-refractivity contribution in [1.29, 1.82) is 0 Å². The summed E-state index contributed by atoms with van der Waals surface area (Å²) in [4.78, 5) is 28.0. The number of rotatable bonds is 10. The van der Waals surface area contributed by atoms with Crippen LogP contribution in [0, 0.1) is 6.92 Å². The van der Waals surface area contributed by atoms with Crippen LogP contribution in [0.4, 0.5) is 5.69 Å². The Morgan fingerprint density at radius 3 is 2.26 bits per heavy atom.